The van der Waals surface area contributed by atoms with Crippen LogP contribution in [0.3, 0.4) is 0 Å². The van der Waals surface area contributed by atoms with E-state index < -0.39 is 8.28 Å². The van der Waals surface area contributed by atoms with E-state index in [9.17, 15) is 10.1 Å². The molecule has 1 aliphatic rings. The maximum atomic E-state index is 10.6. The summed E-state index contributed by atoms with van der Waals surface area (Å²) in [6, 6.07) is 0. The highest BCUT2D eigenvalue weighted by atomic mass is 79.9. The number of nitrogens with zero attached hydrogens (tertiary/aromatic N) is 2. The van der Waals surface area contributed by atoms with Gasteiger partial charge in [0.1, 0.15) is 0 Å². The molecule has 1 saturated heterocycles. The minimum Gasteiger partial charge on any atom is -0.293 e. The molecule has 0 spiro atoms. The first kappa shape index (κ1) is 10.4. The van der Waals surface area contributed by atoms with Crippen molar-refractivity contribution in [2.75, 3.05) is 20.1 Å². The van der Waals surface area contributed by atoms with Gasteiger partial charge in [0, 0.05) is 44.9 Å². The normalized spacial score (nSPS) is 26.1. The molecule has 0 aromatic carbocycles. The number of rotatable bonds is 2. The van der Waals surface area contributed by atoms with Gasteiger partial charge in [-0.05, 0) is 7.05 Å². The van der Waals surface area contributed by atoms with Crippen LogP contribution in [0, 0.1) is 10.1 Å². The second kappa shape index (κ2) is 3.57. The van der Waals surface area contributed by atoms with Crippen molar-refractivity contribution >= 4 is 31.9 Å². The van der Waals surface area contributed by atoms with Crippen LogP contribution in [0.15, 0.2) is 0 Å². The monoisotopic (exact) mass is 301 g/mol. The Kier molecular flexibility index (Phi) is 3.08. The Morgan fingerprint density at radius 2 is 2.33 bits per heavy atom. The largest absolute Gasteiger partial charge is 0.354 e. The molecule has 1 heterocycles. The van der Waals surface area contributed by atoms with Crippen LogP contribution in [-0.2, 0) is 0 Å². The minimum absolute atomic E-state index is 0.313. The first-order valence-electron chi connectivity index (χ1n) is 3.42. The zero-order valence-corrected chi connectivity index (χ0v) is 9.63. The van der Waals surface area contributed by atoms with Crippen molar-refractivity contribution in [3.05, 3.63) is 10.1 Å². The van der Waals surface area contributed by atoms with E-state index in [1.807, 2.05) is 11.9 Å². The fourth-order valence-electron chi connectivity index (χ4n) is 1.15. The summed E-state index contributed by atoms with van der Waals surface area (Å²) in [4.78, 5) is 12.1. The van der Waals surface area contributed by atoms with Crippen LogP contribution in [0.2, 0.25) is 0 Å². The average Bonchev–Trinajstić information content (AvgIpc) is 2.35. The molecule has 0 radical (unpaired) electrons. The Morgan fingerprint density at radius 1 is 1.75 bits per heavy atom. The van der Waals surface area contributed by atoms with E-state index in [2.05, 4.69) is 37.2 Å². The quantitative estimate of drug-likeness (QED) is 0.351. The third-order valence-corrected chi connectivity index (χ3v) is 3.26. The van der Waals surface area contributed by atoms with Crippen molar-refractivity contribution in [1.82, 2.24) is 10.2 Å². The lowest BCUT2D eigenvalue weighted by atomic mass is 10.5. The van der Waals surface area contributed by atoms with E-state index >= 15 is 0 Å². The van der Waals surface area contributed by atoms with E-state index in [4.69, 9.17) is 0 Å². The molecule has 1 rings (SSSR count). The number of nitro groups is 1. The summed E-state index contributed by atoms with van der Waals surface area (Å²) in [5.41, 5.74) is 0. The van der Waals surface area contributed by atoms with Gasteiger partial charge in [0.2, 0.25) is 0 Å². The molecule has 1 aliphatic heterocycles. The first-order chi connectivity index (χ1) is 5.46. The zero-order valence-electron chi connectivity index (χ0n) is 6.46. The van der Waals surface area contributed by atoms with Crippen LogP contribution in [0.1, 0.15) is 0 Å². The molecule has 12 heavy (non-hydrogen) atoms. The molecule has 0 bridgehead atoms. The Balaban J connectivity index is 2.73. The second-order valence-corrected chi connectivity index (χ2v) is 6.16. The fourth-order valence-corrected chi connectivity index (χ4v) is 2.17. The van der Waals surface area contributed by atoms with Crippen LogP contribution >= 0.6 is 31.9 Å². The highest BCUT2D eigenvalue weighted by molar-refractivity contribution is 9.25. The Labute approximate surface area is 86.9 Å². The molecular formula is C5H9Br2N3O2. The van der Waals surface area contributed by atoms with Crippen molar-refractivity contribution < 1.29 is 4.92 Å². The van der Waals surface area contributed by atoms with Gasteiger partial charge in [0.05, 0.1) is 4.92 Å². The van der Waals surface area contributed by atoms with Gasteiger partial charge in [-0.2, -0.15) is 0 Å². The lowest BCUT2D eigenvalue weighted by Crippen LogP contribution is -2.50. The summed E-state index contributed by atoms with van der Waals surface area (Å²) in [5, 5.41) is 13.6. The van der Waals surface area contributed by atoms with Crippen LogP contribution < -0.4 is 5.32 Å². The maximum Gasteiger partial charge on any atom is 0.354 e. The highest BCUT2D eigenvalue weighted by Crippen LogP contribution is 2.33. The molecule has 0 aromatic rings. The maximum absolute atomic E-state index is 10.6. The minimum atomic E-state index is -1.29. The molecule has 0 aliphatic carbocycles. The van der Waals surface area contributed by atoms with E-state index in [-0.39, 0.29) is 6.17 Å². The summed E-state index contributed by atoms with van der Waals surface area (Å²) in [7, 11) is 1.84. The van der Waals surface area contributed by atoms with Crippen LogP contribution in [-0.4, -0.2) is 39.5 Å². The summed E-state index contributed by atoms with van der Waals surface area (Å²) in [6.07, 6.45) is -0.313. The third kappa shape index (κ3) is 1.78. The summed E-state index contributed by atoms with van der Waals surface area (Å²) in [5.74, 6) is 0. The fraction of sp³-hybridized carbons (Fsp3) is 1.00. The summed E-state index contributed by atoms with van der Waals surface area (Å²) >= 11 is 6.05. The molecular weight excluding hydrogens is 294 g/mol. The number of alkyl halides is 2. The van der Waals surface area contributed by atoms with Gasteiger partial charge in [-0.15, -0.1) is 0 Å². The molecule has 1 fully saturated rings. The SMILES string of the molecule is CN1CCNC1C(Br)(Br)[N+](=O)[O-]. The van der Waals surface area contributed by atoms with Gasteiger partial charge in [-0.25, -0.2) is 0 Å². The van der Waals surface area contributed by atoms with Crippen LogP contribution in [0.25, 0.3) is 0 Å². The number of nitrogens with one attached hydrogen (secondary N) is 1. The third-order valence-electron chi connectivity index (χ3n) is 1.82. The van der Waals surface area contributed by atoms with E-state index in [1.165, 1.54) is 0 Å². The van der Waals surface area contributed by atoms with Crippen molar-refractivity contribution in [2.45, 2.75) is 9.52 Å². The molecule has 7 heteroatoms. The van der Waals surface area contributed by atoms with Gasteiger partial charge >= 0.3 is 3.36 Å². The standard InChI is InChI=1S/C5H9Br2N3O2/c1-9-3-2-8-4(9)5(6,7)10(11)12/h4,8H,2-3H2,1H3. The Morgan fingerprint density at radius 3 is 2.67 bits per heavy atom. The van der Waals surface area contributed by atoms with E-state index in [0.29, 0.717) is 0 Å². The van der Waals surface area contributed by atoms with Gasteiger partial charge in [0.25, 0.3) is 0 Å². The van der Waals surface area contributed by atoms with E-state index in [0.717, 1.165) is 13.1 Å². The van der Waals surface area contributed by atoms with Gasteiger partial charge < -0.3 is 0 Å². The predicted molar refractivity (Wildman–Crippen MR) is 52.0 cm³/mol. The molecule has 5 nitrogen and oxygen atoms in total. The van der Waals surface area contributed by atoms with Crippen molar-refractivity contribution in [3.8, 4) is 0 Å². The van der Waals surface area contributed by atoms with Crippen LogP contribution in [0.4, 0.5) is 0 Å². The van der Waals surface area contributed by atoms with Gasteiger partial charge in [-0.3, -0.25) is 20.3 Å². The van der Waals surface area contributed by atoms with Crippen molar-refractivity contribution in [3.63, 3.8) is 0 Å². The number of likely N-dealkylation sites (N-methyl/N-ethyl adjacent to an activating group) is 1. The second-order valence-electron chi connectivity index (χ2n) is 2.68. The summed E-state index contributed by atoms with van der Waals surface area (Å²) < 4.78 is -1.29. The Bertz CT molecular complexity index is 199. The number of hydrogen-bond donors (Lipinski definition) is 1. The van der Waals surface area contributed by atoms with E-state index in [1.54, 1.807) is 0 Å². The lowest BCUT2D eigenvalue weighted by Gasteiger charge is -2.24. The molecule has 1 unspecified atom stereocenters. The van der Waals surface area contributed by atoms with Crippen LogP contribution in [0.5, 0.6) is 0 Å². The highest BCUT2D eigenvalue weighted by Gasteiger charge is 2.49. The molecule has 1 atom stereocenters. The topological polar surface area (TPSA) is 58.4 Å². The first-order valence-corrected chi connectivity index (χ1v) is 5.01. The number of hydrogen-bond acceptors (Lipinski definition) is 4. The molecule has 70 valence electrons. The predicted octanol–water partition coefficient (Wildman–Crippen LogP) is 0.568. The molecule has 0 amide bonds. The van der Waals surface area contributed by atoms with Crippen molar-refractivity contribution in [2.24, 2.45) is 0 Å². The van der Waals surface area contributed by atoms with Gasteiger partial charge in [-0.1, -0.05) is 0 Å². The molecule has 0 aromatic heterocycles. The number of halogens is 2. The smallest absolute Gasteiger partial charge is 0.293 e. The summed E-state index contributed by atoms with van der Waals surface area (Å²) in [6.45, 7) is 1.59. The Hall–Kier alpha value is 0.280. The van der Waals surface area contributed by atoms with Gasteiger partial charge in [0.15, 0.2) is 6.17 Å². The average molecular weight is 303 g/mol. The molecule has 0 saturated carbocycles. The molecule has 1 N–H and O–H groups in total. The lowest BCUT2D eigenvalue weighted by molar-refractivity contribution is -0.511. The van der Waals surface area contributed by atoms with Crippen molar-refractivity contribution in [1.29, 1.82) is 0 Å². The zero-order chi connectivity index (χ0) is 9.35.